The van der Waals surface area contributed by atoms with Crippen LogP contribution in [0.2, 0.25) is 0 Å². The van der Waals surface area contributed by atoms with Crippen molar-refractivity contribution in [2.45, 2.75) is 12.0 Å². The highest BCUT2D eigenvalue weighted by molar-refractivity contribution is 6.12. The minimum atomic E-state index is 0.0761. The predicted octanol–water partition coefficient (Wildman–Crippen LogP) is 13.8. The van der Waals surface area contributed by atoms with Gasteiger partial charge in [-0.15, -0.1) is 0 Å². The van der Waals surface area contributed by atoms with Gasteiger partial charge in [-0.05, 0) is 96.6 Å². The first-order valence-corrected chi connectivity index (χ1v) is 20.2. The van der Waals surface area contributed by atoms with Crippen LogP contribution in [-0.2, 0) is 0 Å². The van der Waals surface area contributed by atoms with Gasteiger partial charge >= 0.3 is 0 Å². The molecule has 1 aliphatic carbocycles. The van der Waals surface area contributed by atoms with Crippen molar-refractivity contribution in [3.05, 3.63) is 217 Å². The van der Waals surface area contributed by atoms with Crippen molar-refractivity contribution < 1.29 is 0 Å². The van der Waals surface area contributed by atoms with Crippen molar-refractivity contribution >= 4 is 72.0 Å². The number of benzene rings is 8. The third kappa shape index (κ3) is 4.29. The Kier molecular flexibility index (Phi) is 6.53. The maximum absolute atomic E-state index is 2.63. The van der Waals surface area contributed by atoms with Crippen molar-refractivity contribution in [1.82, 2.24) is 13.7 Å². The molecule has 4 heterocycles. The maximum atomic E-state index is 2.63. The van der Waals surface area contributed by atoms with E-state index in [1.807, 2.05) is 0 Å². The molecule has 4 nitrogen and oxygen atoms in total. The van der Waals surface area contributed by atoms with Gasteiger partial charge in [0.25, 0.3) is 0 Å². The molecule has 58 heavy (non-hydrogen) atoms. The lowest BCUT2D eigenvalue weighted by Crippen LogP contribution is -2.24. The van der Waals surface area contributed by atoms with Crippen molar-refractivity contribution in [3.63, 3.8) is 0 Å². The fourth-order valence-electron chi connectivity index (χ4n) is 10.4. The van der Waals surface area contributed by atoms with Gasteiger partial charge in [-0.3, -0.25) is 0 Å². The molecule has 0 amide bonds. The molecule has 4 heteroatoms. The lowest BCUT2D eigenvalue weighted by Gasteiger charge is -2.32. The molecule has 3 aromatic heterocycles. The lowest BCUT2D eigenvalue weighted by atomic mass is 9.84. The topological polar surface area (TPSA) is 18.0 Å². The summed E-state index contributed by atoms with van der Waals surface area (Å²) in [5, 5.41) is 6.32. The molecule has 272 valence electrons. The normalized spacial score (nSPS) is 15.8. The fourth-order valence-corrected chi connectivity index (χ4v) is 10.4. The highest BCUT2D eigenvalue weighted by atomic mass is 15.2. The van der Waals surface area contributed by atoms with Crippen molar-refractivity contribution in [2.24, 2.45) is 0 Å². The molecule has 8 aromatic carbocycles. The molecule has 0 saturated carbocycles. The third-order valence-corrected chi connectivity index (χ3v) is 12.8. The summed E-state index contributed by atoms with van der Waals surface area (Å²) in [5.41, 5.74) is 16.0. The van der Waals surface area contributed by atoms with Crippen LogP contribution in [0.15, 0.2) is 200 Å². The van der Waals surface area contributed by atoms with Crippen LogP contribution in [-0.4, -0.2) is 13.7 Å². The van der Waals surface area contributed by atoms with Gasteiger partial charge in [0, 0.05) is 66.8 Å². The van der Waals surface area contributed by atoms with E-state index in [1.54, 1.807) is 0 Å². The van der Waals surface area contributed by atoms with E-state index in [0.29, 0.717) is 0 Å². The van der Waals surface area contributed by atoms with Crippen LogP contribution in [0.25, 0.3) is 77.7 Å². The SMILES string of the molecule is C1=CC2c3ccccc3N(c3ccc4c(c3)c3ccccc3n4-c3ccccc3)C2c2c1n(-c1ccc3c(c1)c1ccccc1n3-c1ccccc1)c1ccccc21. The fraction of sp³-hybridized carbons (Fsp3) is 0.0370. The second kappa shape index (κ2) is 12.0. The molecule has 2 unspecified atom stereocenters. The molecule has 13 rings (SSSR count). The van der Waals surface area contributed by atoms with Crippen molar-refractivity contribution in [1.29, 1.82) is 0 Å². The number of hydrogen-bond donors (Lipinski definition) is 0. The van der Waals surface area contributed by atoms with Crippen LogP contribution in [0.4, 0.5) is 11.4 Å². The molecule has 0 saturated heterocycles. The largest absolute Gasteiger partial charge is 0.333 e. The first-order valence-electron chi connectivity index (χ1n) is 20.2. The van der Waals surface area contributed by atoms with E-state index in [4.69, 9.17) is 0 Å². The second-order valence-electron chi connectivity index (χ2n) is 15.7. The molecule has 0 fully saturated rings. The number of rotatable bonds is 4. The number of fused-ring (bicyclic) bond motifs is 13. The van der Waals surface area contributed by atoms with Crippen LogP contribution in [0.1, 0.15) is 28.8 Å². The number of para-hydroxylation sites is 6. The molecular weight excluding hydrogens is 705 g/mol. The van der Waals surface area contributed by atoms with Crippen LogP contribution < -0.4 is 4.90 Å². The van der Waals surface area contributed by atoms with Gasteiger partial charge in [0.2, 0.25) is 0 Å². The summed E-state index contributed by atoms with van der Waals surface area (Å²) in [6.07, 6.45) is 4.85. The lowest BCUT2D eigenvalue weighted by molar-refractivity contribution is 0.669. The standard InChI is InChI=1S/C54H36N4/c1-3-15-35(16-4-1)55-46-23-11-8-20-40(46)44-33-37(27-30-50(44)55)57-49-26-14-10-22-43(49)53-52(57)32-29-42-39-19-7-13-25-48(39)58(54(42)53)38-28-31-51-45(34-38)41-21-9-12-24-47(41)56(51)36-17-5-2-6-18-36/h1-34,42,54H. The zero-order valence-corrected chi connectivity index (χ0v) is 31.6. The summed E-state index contributed by atoms with van der Waals surface area (Å²) < 4.78 is 7.30. The maximum Gasteiger partial charge on any atom is 0.0722 e. The Morgan fingerprint density at radius 2 is 0.828 bits per heavy atom. The minimum Gasteiger partial charge on any atom is -0.333 e. The van der Waals surface area contributed by atoms with Gasteiger partial charge in [0.1, 0.15) is 0 Å². The highest BCUT2D eigenvalue weighted by Gasteiger charge is 2.43. The minimum absolute atomic E-state index is 0.0761. The van der Waals surface area contributed by atoms with Gasteiger partial charge < -0.3 is 18.6 Å². The first-order chi connectivity index (χ1) is 28.8. The van der Waals surface area contributed by atoms with Gasteiger partial charge in [-0.25, -0.2) is 0 Å². The molecule has 11 aromatic rings. The van der Waals surface area contributed by atoms with Gasteiger partial charge in [0.05, 0.1) is 39.3 Å². The third-order valence-electron chi connectivity index (χ3n) is 12.8. The highest BCUT2D eigenvalue weighted by Crippen LogP contribution is 2.58. The predicted molar refractivity (Wildman–Crippen MR) is 241 cm³/mol. The van der Waals surface area contributed by atoms with Gasteiger partial charge in [-0.1, -0.05) is 115 Å². The average molecular weight is 741 g/mol. The van der Waals surface area contributed by atoms with Crippen LogP contribution in [0, 0.1) is 0 Å². The Morgan fingerprint density at radius 3 is 1.47 bits per heavy atom. The summed E-state index contributed by atoms with van der Waals surface area (Å²) in [4.78, 5) is 2.63. The molecule has 0 bridgehead atoms. The smallest absolute Gasteiger partial charge is 0.0722 e. The molecule has 1 aliphatic heterocycles. The average Bonchev–Trinajstić information content (AvgIpc) is 4.01. The summed E-state index contributed by atoms with van der Waals surface area (Å²) in [6, 6.07) is 71.3. The van der Waals surface area contributed by atoms with Crippen LogP contribution in [0.5, 0.6) is 0 Å². The summed E-state index contributed by atoms with van der Waals surface area (Å²) in [7, 11) is 0. The number of hydrogen-bond acceptors (Lipinski definition) is 1. The first kappa shape index (κ1) is 31.6. The van der Waals surface area contributed by atoms with Crippen LogP contribution in [0.3, 0.4) is 0 Å². The van der Waals surface area contributed by atoms with E-state index in [9.17, 15) is 0 Å². The molecule has 0 radical (unpaired) electrons. The van der Waals surface area contributed by atoms with Gasteiger partial charge in [-0.2, -0.15) is 0 Å². The Bertz CT molecular complexity index is 3470. The van der Waals surface area contributed by atoms with E-state index in [0.717, 1.165) is 0 Å². The molecule has 2 atom stereocenters. The summed E-state index contributed by atoms with van der Waals surface area (Å²) >= 11 is 0. The quantitative estimate of drug-likeness (QED) is 0.176. The van der Waals surface area contributed by atoms with Crippen LogP contribution >= 0.6 is 0 Å². The molecule has 2 aliphatic rings. The van der Waals surface area contributed by atoms with E-state index in [-0.39, 0.29) is 12.0 Å². The summed E-state index contributed by atoms with van der Waals surface area (Å²) in [5.74, 6) is 0.204. The molecule has 0 spiro atoms. The zero-order valence-electron chi connectivity index (χ0n) is 31.6. The van der Waals surface area contributed by atoms with E-state index in [1.165, 1.54) is 99.8 Å². The zero-order chi connectivity index (χ0) is 37.9. The van der Waals surface area contributed by atoms with Crippen molar-refractivity contribution in [2.75, 3.05) is 4.90 Å². The molecular formula is C54H36N4. The Labute approximate surface area is 335 Å². The van der Waals surface area contributed by atoms with Crippen molar-refractivity contribution in [3.8, 4) is 17.1 Å². The van der Waals surface area contributed by atoms with E-state index >= 15 is 0 Å². The monoisotopic (exact) mass is 740 g/mol. The Balaban J connectivity index is 1.03. The van der Waals surface area contributed by atoms with Gasteiger partial charge in [0.15, 0.2) is 0 Å². The second-order valence-corrected chi connectivity index (χ2v) is 15.7. The van der Waals surface area contributed by atoms with E-state index < -0.39 is 0 Å². The summed E-state index contributed by atoms with van der Waals surface area (Å²) in [6.45, 7) is 0. The number of nitrogens with zero attached hydrogens (tertiary/aromatic N) is 4. The molecule has 0 N–H and O–H groups in total. The van der Waals surface area contributed by atoms with E-state index in [2.05, 4.69) is 225 Å². The number of anilines is 2. The number of aromatic nitrogens is 3. The Hall–Kier alpha value is -7.56. The Morgan fingerprint density at radius 1 is 0.345 bits per heavy atom.